The van der Waals surface area contributed by atoms with Crippen LogP contribution in [0.5, 0.6) is 0 Å². The van der Waals surface area contributed by atoms with Crippen molar-refractivity contribution in [2.24, 2.45) is 0 Å². The number of halogens is 2. The molecule has 0 heterocycles. The average Bonchev–Trinajstić information content (AvgIpc) is 2.55. The van der Waals surface area contributed by atoms with E-state index in [-0.39, 0.29) is 23.5 Å². The molecule has 2 aromatic rings. The number of hydrogen-bond donors (Lipinski definition) is 3. The summed E-state index contributed by atoms with van der Waals surface area (Å²) in [5.74, 6) is -2.14. The molecule has 0 saturated heterocycles. The fourth-order valence-electron chi connectivity index (χ4n) is 1.90. The van der Waals surface area contributed by atoms with Gasteiger partial charge in [0.1, 0.15) is 0 Å². The van der Waals surface area contributed by atoms with E-state index in [1.807, 2.05) is 0 Å². The number of hydrogen-bond acceptors (Lipinski definition) is 4. The molecular weight excluding hydrogens is 324 g/mol. The van der Waals surface area contributed by atoms with E-state index in [0.717, 1.165) is 12.1 Å². The monoisotopic (exact) mass is 337 g/mol. The molecule has 0 aliphatic carbocycles. The number of benzene rings is 2. The van der Waals surface area contributed by atoms with Crippen LogP contribution < -0.4 is 10.6 Å². The number of amides is 2. The summed E-state index contributed by atoms with van der Waals surface area (Å²) in [5, 5.41) is 25.2. The summed E-state index contributed by atoms with van der Waals surface area (Å²) in [6.45, 7) is -0.258. The number of nitrogens with one attached hydrogen (secondary N) is 2. The van der Waals surface area contributed by atoms with E-state index >= 15 is 0 Å². The number of carbonyl (C=O) groups excluding carboxylic acids is 1. The number of rotatable bonds is 5. The summed E-state index contributed by atoms with van der Waals surface area (Å²) in [4.78, 5) is 21.8. The molecule has 2 aromatic carbocycles. The van der Waals surface area contributed by atoms with Crippen molar-refractivity contribution in [3.8, 4) is 0 Å². The number of nitro groups is 1. The fraction of sp³-hybridized carbons (Fsp3) is 0.133. The maximum absolute atomic E-state index is 13.1. The highest BCUT2D eigenvalue weighted by Crippen LogP contribution is 2.17. The summed E-state index contributed by atoms with van der Waals surface area (Å²) >= 11 is 0. The van der Waals surface area contributed by atoms with Gasteiger partial charge in [-0.05, 0) is 23.8 Å². The van der Waals surface area contributed by atoms with Crippen LogP contribution in [0.25, 0.3) is 0 Å². The van der Waals surface area contributed by atoms with Gasteiger partial charge in [0, 0.05) is 24.4 Å². The Hall–Kier alpha value is -3.07. The highest BCUT2D eigenvalue weighted by molar-refractivity contribution is 5.89. The summed E-state index contributed by atoms with van der Waals surface area (Å²) in [7, 11) is 0. The minimum Gasteiger partial charge on any atom is -0.387 e. The van der Waals surface area contributed by atoms with Crippen molar-refractivity contribution in [2.75, 3.05) is 11.9 Å². The third-order valence-corrected chi connectivity index (χ3v) is 3.10. The molecule has 0 fully saturated rings. The fourth-order valence-corrected chi connectivity index (χ4v) is 1.90. The maximum Gasteiger partial charge on any atom is 0.319 e. The first-order chi connectivity index (χ1) is 11.4. The Bertz CT molecular complexity index is 770. The van der Waals surface area contributed by atoms with Crippen LogP contribution in [0.3, 0.4) is 0 Å². The highest BCUT2D eigenvalue weighted by atomic mass is 19.2. The van der Waals surface area contributed by atoms with Crippen molar-refractivity contribution in [3.63, 3.8) is 0 Å². The zero-order valence-corrected chi connectivity index (χ0v) is 12.2. The van der Waals surface area contributed by atoms with Gasteiger partial charge in [-0.25, -0.2) is 13.6 Å². The van der Waals surface area contributed by atoms with Crippen LogP contribution in [-0.2, 0) is 0 Å². The lowest BCUT2D eigenvalue weighted by molar-refractivity contribution is -0.384. The lowest BCUT2D eigenvalue weighted by atomic mass is 10.1. The van der Waals surface area contributed by atoms with E-state index in [0.29, 0.717) is 0 Å². The molecule has 1 atom stereocenters. The van der Waals surface area contributed by atoms with E-state index in [9.17, 15) is 28.8 Å². The molecule has 7 nitrogen and oxygen atoms in total. The van der Waals surface area contributed by atoms with Gasteiger partial charge in [-0.1, -0.05) is 12.1 Å². The lowest BCUT2D eigenvalue weighted by Gasteiger charge is -2.13. The Kier molecular flexibility index (Phi) is 5.38. The molecule has 0 unspecified atom stereocenters. The molecular formula is C15H13F2N3O4. The molecule has 0 aromatic heterocycles. The molecule has 2 rings (SSSR count). The molecule has 0 aliphatic rings. The molecule has 3 N–H and O–H groups in total. The van der Waals surface area contributed by atoms with Gasteiger partial charge in [-0.2, -0.15) is 0 Å². The van der Waals surface area contributed by atoms with Crippen molar-refractivity contribution >= 4 is 17.4 Å². The van der Waals surface area contributed by atoms with Gasteiger partial charge in [0.15, 0.2) is 11.6 Å². The zero-order chi connectivity index (χ0) is 17.7. The summed E-state index contributed by atoms with van der Waals surface area (Å²) in [6.07, 6.45) is -1.24. The molecule has 0 aliphatic heterocycles. The second-order valence-electron chi connectivity index (χ2n) is 4.83. The number of urea groups is 1. The van der Waals surface area contributed by atoms with Crippen LogP contribution in [0.15, 0.2) is 42.5 Å². The molecule has 126 valence electrons. The smallest absolute Gasteiger partial charge is 0.319 e. The lowest BCUT2D eigenvalue weighted by Crippen LogP contribution is -2.32. The third-order valence-electron chi connectivity index (χ3n) is 3.10. The average molecular weight is 337 g/mol. The van der Waals surface area contributed by atoms with Crippen LogP contribution in [-0.4, -0.2) is 22.6 Å². The highest BCUT2D eigenvalue weighted by Gasteiger charge is 2.13. The van der Waals surface area contributed by atoms with Crippen molar-refractivity contribution in [2.45, 2.75) is 6.10 Å². The number of non-ortho nitro benzene ring substituents is 1. The Morgan fingerprint density at radius 2 is 1.96 bits per heavy atom. The first kappa shape index (κ1) is 17.3. The first-order valence-electron chi connectivity index (χ1n) is 6.79. The Morgan fingerprint density at radius 3 is 2.62 bits per heavy atom. The minimum atomic E-state index is -1.24. The Balaban J connectivity index is 1.91. The molecule has 9 heteroatoms. The SMILES string of the molecule is O=C(NC[C@@H](O)c1ccc(F)c(F)c1)Nc1cccc([N+](=O)[O-])c1. The molecule has 0 radical (unpaired) electrons. The van der Waals surface area contributed by atoms with Crippen molar-refractivity contribution in [3.05, 3.63) is 69.8 Å². The van der Waals surface area contributed by atoms with Gasteiger partial charge >= 0.3 is 6.03 Å². The van der Waals surface area contributed by atoms with Crippen molar-refractivity contribution in [1.82, 2.24) is 5.32 Å². The molecule has 0 saturated carbocycles. The standard InChI is InChI=1S/C15H13F2N3O4/c16-12-5-4-9(6-13(12)17)14(21)8-18-15(22)19-10-2-1-3-11(7-10)20(23)24/h1-7,14,21H,8H2,(H2,18,19,22)/t14-/m1/s1. The summed E-state index contributed by atoms with van der Waals surface area (Å²) in [6, 6.07) is 7.50. The Labute approximate surface area is 135 Å². The minimum absolute atomic E-state index is 0.101. The van der Waals surface area contributed by atoms with E-state index in [2.05, 4.69) is 10.6 Å². The van der Waals surface area contributed by atoms with Crippen LogP contribution in [0.2, 0.25) is 0 Å². The number of aliphatic hydroxyl groups is 1. The molecule has 0 bridgehead atoms. The largest absolute Gasteiger partial charge is 0.387 e. The van der Waals surface area contributed by atoms with E-state index in [1.54, 1.807) is 0 Å². The number of anilines is 1. The predicted molar refractivity (Wildman–Crippen MR) is 81.4 cm³/mol. The van der Waals surface area contributed by atoms with Gasteiger partial charge in [-0.15, -0.1) is 0 Å². The second-order valence-corrected chi connectivity index (χ2v) is 4.83. The summed E-state index contributed by atoms with van der Waals surface area (Å²) in [5.41, 5.74) is 0.114. The molecule has 24 heavy (non-hydrogen) atoms. The zero-order valence-electron chi connectivity index (χ0n) is 12.2. The maximum atomic E-state index is 13.1. The van der Waals surface area contributed by atoms with Gasteiger partial charge < -0.3 is 15.7 Å². The van der Waals surface area contributed by atoms with Gasteiger partial charge in [-0.3, -0.25) is 10.1 Å². The summed E-state index contributed by atoms with van der Waals surface area (Å²) < 4.78 is 25.9. The van der Waals surface area contributed by atoms with E-state index < -0.39 is 28.7 Å². The second kappa shape index (κ2) is 7.47. The Morgan fingerprint density at radius 1 is 1.21 bits per heavy atom. The molecule has 2 amide bonds. The molecule has 0 spiro atoms. The van der Waals surface area contributed by atoms with E-state index in [4.69, 9.17) is 0 Å². The number of nitrogens with zero attached hydrogens (tertiary/aromatic N) is 1. The van der Waals surface area contributed by atoms with Gasteiger partial charge in [0.05, 0.1) is 11.0 Å². The van der Waals surface area contributed by atoms with Crippen molar-refractivity contribution in [1.29, 1.82) is 0 Å². The van der Waals surface area contributed by atoms with Gasteiger partial charge in [0.2, 0.25) is 0 Å². The quantitative estimate of drug-likeness (QED) is 0.576. The third kappa shape index (κ3) is 4.46. The number of aliphatic hydroxyl groups excluding tert-OH is 1. The van der Waals surface area contributed by atoms with Crippen LogP contribution in [0, 0.1) is 21.7 Å². The normalized spacial score (nSPS) is 11.6. The van der Waals surface area contributed by atoms with Gasteiger partial charge in [0.25, 0.3) is 5.69 Å². The number of nitro benzene ring substituents is 1. The first-order valence-corrected chi connectivity index (χ1v) is 6.79. The van der Waals surface area contributed by atoms with Crippen LogP contribution in [0.1, 0.15) is 11.7 Å². The van der Waals surface area contributed by atoms with Crippen LogP contribution >= 0.6 is 0 Å². The van der Waals surface area contributed by atoms with Crippen LogP contribution in [0.4, 0.5) is 25.0 Å². The topological polar surface area (TPSA) is 104 Å². The van der Waals surface area contributed by atoms with E-state index in [1.165, 1.54) is 30.3 Å². The number of carbonyl (C=O) groups is 1. The predicted octanol–water partition coefficient (Wildman–Crippen LogP) is 2.73. The van der Waals surface area contributed by atoms with Crippen molar-refractivity contribution < 1.29 is 23.6 Å².